The van der Waals surface area contributed by atoms with E-state index in [2.05, 4.69) is 21.6 Å². The van der Waals surface area contributed by atoms with E-state index in [4.69, 9.17) is 0 Å². The van der Waals surface area contributed by atoms with Gasteiger partial charge in [0, 0.05) is 18.0 Å². The Balaban J connectivity index is 1.76. The van der Waals surface area contributed by atoms with Crippen LogP contribution in [0, 0.1) is 0 Å². The number of carbonyl (C=O) groups is 1. The van der Waals surface area contributed by atoms with E-state index in [-0.39, 0.29) is 12.1 Å². The highest BCUT2D eigenvalue weighted by Gasteiger charge is 2.29. The number of nitrogens with zero attached hydrogens (tertiary/aromatic N) is 1. The Morgan fingerprint density at radius 2 is 2.09 bits per heavy atom. The molecule has 5 nitrogen and oxygen atoms in total. The molecule has 0 saturated heterocycles. The first-order chi connectivity index (χ1) is 10.5. The molecule has 0 aliphatic heterocycles. The Bertz CT molecular complexity index is 456. The summed E-state index contributed by atoms with van der Waals surface area (Å²) in [6.45, 7) is 0.891. The van der Waals surface area contributed by atoms with E-state index in [1.165, 1.54) is 11.3 Å². The fraction of sp³-hybridized carbons (Fsp3) is 0.688. The van der Waals surface area contributed by atoms with Gasteiger partial charge in [0.25, 0.3) is 0 Å². The molecular weight excluding hydrogens is 298 g/mol. The van der Waals surface area contributed by atoms with Crippen molar-refractivity contribution in [2.24, 2.45) is 0 Å². The fourth-order valence-corrected chi connectivity index (χ4v) is 3.82. The first-order valence-corrected chi connectivity index (χ1v) is 8.82. The fourth-order valence-electron chi connectivity index (χ4n) is 2.90. The molecule has 1 heterocycles. The standard InChI is InChI=1S/C16H27N3O2S/c1-19(2)13(14-7-6-10-22-14)11-17-15(20)18-12-16(21)8-4-3-5-9-16/h6-7,10,13,21H,3-5,8-9,11-12H2,1-2H3,(H2,17,18,20)/t13-/m0/s1. The molecule has 0 spiro atoms. The summed E-state index contributed by atoms with van der Waals surface area (Å²) in [5, 5.41) is 18.2. The van der Waals surface area contributed by atoms with Crippen molar-refractivity contribution in [1.82, 2.24) is 15.5 Å². The number of likely N-dealkylation sites (N-methyl/N-ethyl adjacent to an activating group) is 1. The molecule has 0 radical (unpaired) electrons. The number of hydrogen-bond acceptors (Lipinski definition) is 4. The van der Waals surface area contributed by atoms with Gasteiger partial charge in [0.1, 0.15) is 0 Å². The average molecular weight is 325 g/mol. The molecule has 2 amide bonds. The Hall–Kier alpha value is -1.11. The summed E-state index contributed by atoms with van der Waals surface area (Å²) >= 11 is 1.69. The lowest BCUT2D eigenvalue weighted by atomic mass is 9.85. The smallest absolute Gasteiger partial charge is 0.314 e. The number of hydrogen-bond donors (Lipinski definition) is 3. The Morgan fingerprint density at radius 3 is 2.68 bits per heavy atom. The molecule has 22 heavy (non-hydrogen) atoms. The van der Waals surface area contributed by atoms with Crippen molar-refractivity contribution in [2.45, 2.75) is 43.7 Å². The van der Waals surface area contributed by atoms with Gasteiger partial charge in [-0.25, -0.2) is 4.79 Å². The monoisotopic (exact) mass is 325 g/mol. The molecule has 0 bridgehead atoms. The number of thiophene rings is 1. The molecule has 124 valence electrons. The van der Waals surface area contributed by atoms with E-state index in [0.29, 0.717) is 13.1 Å². The van der Waals surface area contributed by atoms with E-state index in [9.17, 15) is 9.90 Å². The summed E-state index contributed by atoms with van der Waals surface area (Å²) in [6, 6.07) is 4.07. The van der Waals surface area contributed by atoms with Crippen LogP contribution in [0.4, 0.5) is 4.79 Å². The molecule has 1 aromatic rings. The van der Waals surface area contributed by atoms with Crippen LogP contribution in [0.3, 0.4) is 0 Å². The maximum atomic E-state index is 12.0. The highest BCUT2D eigenvalue weighted by Crippen LogP contribution is 2.27. The molecule has 1 aliphatic carbocycles. The molecule has 1 aromatic heterocycles. The summed E-state index contributed by atoms with van der Waals surface area (Å²) < 4.78 is 0. The number of amides is 2. The van der Waals surface area contributed by atoms with Crippen molar-refractivity contribution in [3.05, 3.63) is 22.4 Å². The van der Waals surface area contributed by atoms with Gasteiger partial charge < -0.3 is 20.6 Å². The van der Waals surface area contributed by atoms with Crippen molar-refractivity contribution < 1.29 is 9.90 Å². The third-order valence-corrected chi connectivity index (χ3v) is 5.29. The van der Waals surface area contributed by atoms with E-state index < -0.39 is 5.60 Å². The molecule has 3 N–H and O–H groups in total. The van der Waals surface area contributed by atoms with Gasteiger partial charge >= 0.3 is 6.03 Å². The van der Waals surface area contributed by atoms with Crippen LogP contribution in [0.5, 0.6) is 0 Å². The van der Waals surface area contributed by atoms with Crippen LogP contribution < -0.4 is 10.6 Å². The van der Waals surface area contributed by atoms with E-state index >= 15 is 0 Å². The molecule has 0 aromatic carbocycles. The zero-order valence-electron chi connectivity index (χ0n) is 13.5. The van der Waals surface area contributed by atoms with E-state index in [1.807, 2.05) is 25.5 Å². The first kappa shape index (κ1) is 17.2. The molecule has 1 atom stereocenters. The quantitative estimate of drug-likeness (QED) is 0.752. The highest BCUT2D eigenvalue weighted by atomic mass is 32.1. The number of carbonyl (C=O) groups excluding carboxylic acids is 1. The topological polar surface area (TPSA) is 64.6 Å². The Labute approximate surface area is 136 Å². The largest absolute Gasteiger partial charge is 0.388 e. The molecule has 1 aliphatic rings. The summed E-state index contributed by atoms with van der Waals surface area (Å²) in [5.41, 5.74) is -0.718. The maximum absolute atomic E-state index is 12.0. The van der Waals surface area contributed by atoms with Crippen molar-refractivity contribution in [2.75, 3.05) is 27.2 Å². The summed E-state index contributed by atoms with van der Waals surface area (Å²) in [5.74, 6) is 0. The Kier molecular flexibility index (Phi) is 6.23. The maximum Gasteiger partial charge on any atom is 0.314 e. The second-order valence-electron chi connectivity index (χ2n) is 6.34. The molecule has 1 fully saturated rings. The minimum Gasteiger partial charge on any atom is -0.388 e. The normalized spacial score (nSPS) is 18.9. The van der Waals surface area contributed by atoms with Gasteiger partial charge in [-0.3, -0.25) is 0 Å². The third-order valence-electron chi connectivity index (χ3n) is 4.31. The lowest BCUT2D eigenvalue weighted by molar-refractivity contribution is 0.00717. The van der Waals surface area contributed by atoms with Crippen LogP contribution in [0.25, 0.3) is 0 Å². The van der Waals surface area contributed by atoms with Crippen LogP contribution in [0.1, 0.15) is 43.0 Å². The van der Waals surface area contributed by atoms with Gasteiger partial charge in [-0.1, -0.05) is 25.3 Å². The van der Waals surface area contributed by atoms with Gasteiger partial charge in [-0.15, -0.1) is 11.3 Å². The van der Waals surface area contributed by atoms with Crippen molar-refractivity contribution in [3.8, 4) is 0 Å². The van der Waals surface area contributed by atoms with Crippen LogP contribution in [0.15, 0.2) is 17.5 Å². The van der Waals surface area contributed by atoms with Crippen molar-refractivity contribution >= 4 is 17.4 Å². The lowest BCUT2D eigenvalue weighted by Gasteiger charge is -2.32. The van der Waals surface area contributed by atoms with Gasteiger partial charge in [0.15, 0.2) is 0 Å². The molecule has 1 saturated carbocycles. The van der Waals surface area contributed by atoms with Gasteiger partial charge in [0.05, 0.1) is 11.6 Å². The minimum absolute atomic E-state index is 0.170. The number of rotatable bonds is 6. The zero-order chi connectivity index (χ0) is 16.0. The SMILES string of the molecule is CN(C)[C@@H](CNC(=O)NCC1(O)CCCCC1)c1cccs1. The van der Waals surface area contributed by atoms with Crippen LogP contribution >= 0.6 is 11.3 Å². The van der Waals surface area contributed by atoms with Crippen LogP contribution in [-0.4, -0.2) is 48.8 Å². The predicted octanol–water partition coefficient (Wildman–Crippen LogP) is 2.35. The highest BCUT2D eigenvalue weighted by molar-refractivity contribution is 7.10. The summed E-state index contributed by atoms with van der Waals surface area (Å²) in [4.78, 5) is 15.3. The lowest BCUT2D eigenvalue weighted by Crippen LogP contribution is -2.48. The average Bonchev–Trinajstić information content (AvgIpc) is 3.00. The number of aliphatic hydroxyl groups is 1. The second kappa shape index (κ2) is 7.94. The summed E-state index contributed by atoms with van der Waals surface area (Å²) in [6.07, 6.45) is 4.83. The molecular formula is C16H27N3O2S. The van der Waals surface area contributed by atoms with Crippen LogP contribution in [-0.2, 0) is 0 Å². The molecule has 2 rings (SSSR count). The first-order valence-electron chi connectivity index (χ1n) is 7.94. The van der Waals surface area contributed by atoms with Gasteiger partial charge in [-0.2, -0.15) is 0 Å². The van der Waals surface area contributed by atoms with E-state index in [1.54, 1.807) is 11.3 Å². The second-order valence-corrected chi connectivity index (χ2v) is 7.32. The predicted molar refractivity (Wildman–Crippen MR) is 90.2 cm³/mol. The summed E-state index contributed by atoms with van der Waals surface area (Å²) in [7, 11) is 4.02. The zero-order valence-corrected chi connectivity index (χ0v) is 14.3. The molecule has 0 unspecified atom stereocenters. The van der Waals surface area contributed by atoms with E-state index in [0.717, 1.165) is 25.7 Å². The van der Waals surface area contributed by atoms with Crippen LogP contribution in [0.2, 0.25) is 0 Å². The molecule has 6 heteroatoms. The minimum atomic E-state index is -0.718. The van der Waals surface area contributed by atoms with Gasteiger partial charge in [-0.05, 0) is 38.4 Å². The van der Waals surface area contributed by atoms with Crippen molar-refractivity contribution in [3.63, 3.8) is 0 Å². The van der Waals surface area contributed by atoms with Crippen molar-refractivity contribution in [1.29, 1.82) is 0 Å². The third kappa shape index (κ3) is 4.97. The van der Waals surface area contributed by atoms with Gasteiger partial charge in [0.2, 0.25) is 0 Å². The number of nitrogens with one attached hydrogen (secondary N) is 2. The Morgan fingerprint density at radius 1 is 1.36 bits per heavy atom. The number of urea groups is 1.